The summed E-state index contributed by atoms with van der Waals surface area (Å²) in [7, 11) is 1.50. The topological polar surface area (TPSA) is 92.2 Å². The summed E-state index contributed by atoms with van der Waals surface area (Å²) < 4.78 is 3.09. The van der Waals surface area contributed by atoms with Gasteiger partial charge in [-0.25, -0.2) is 4.98 Å². The molecule has 3 aromatic heterocycles. The highest BCUT2D eigenvalue weighted by molar-refractivity contribution is 5.96. The average Bonchev–Trinajstić information content (AvgIpc) is 2.71. The molecule has 7 nitrogen and oxygen atoms in total. The number of amides is 1. The van der Waals surface area contributed by atoms with Crippen molar-refractivity contribution < 1.29 is 4.79 Å². The van der Waals surface area contributed by atoms with Crippen LogP contribution in [0.3, 0.4) is 0 Å². The Hall–Kier alpha value is -3.74. The van der Waals surface area contributed by atoms with Gasteiger partial charge in [-0.15, -0.1) is 0 Å². The summed E-state index contributed by atoms with van der Waals surface area (Å²) in [6.45, 7) is 2.21. The summed E-state index contributed by atoms with van der Waals surface area (Å²) >= 11 is 0. The summed E-state index contributed by atoms with van der Waals surface area (Å²) in [4.78, 5) is 30.2. The first-order chi connectivity index (χ1) is 13.5. The number of aromatic nitrogens is 3. The van der Waals surface area contributed by atoms with Crippen molar-refractivity contribution in [3.63, 3.8) is 0 Å². The zero-order chi connectivity index (χ0) is 19.8. The molecule has 0 aliphatic carbocycles. The van der Waals surface area contributed by atoms with Crippen LogP contribution in [-0.4, -0.2) is 26.9 Å². The first-order valence-corrected chi connectivity index (χ1v) is 8.87. The Morgan fingerprint density at radius 3 is 2.61 bits per heavy atom. The zero-order valence-electron chi connectivity index (χ0n) is 15.6. The van der Waals surface area contributed by atoms with E-state index in [0.29, 0.717) is 23.2 Å². The fraction of sp³-hybridized carbons (Fsp3) is 0.143. The highest BCUT2D eigenvalue weighted by Gasteiger charge is 2.17. The number of aryl methyl sites for hydroxylation is 1. The van der Waals surface area contributed by atoms with E-state index >= 15 is 0 Å². The fourth-order valence-corrected chi connectivity index (χ4v) is 3.32. The van der Waals surface area contributed by atoms with Crippen LogP contribution in [0.4, 0.5) is 0 Å². The van der Waals surface area contributed by atoms with Crippen LogP contribution < -0.4 is 16.4 Å². The maximum absolute atomic E-state index is 13.1. The lowest BCUT2D eigenvalue weighted by Gasteiger charge is -2.15. The van der Waals surface area contributed by atoms with E-state index in [1.165, 1.54) is 17.5 Å². The van der Waals surface area contributed by atoms with E-state index in [4.69, 9.17) is 10.4 Å². The molecule has 7 heteroatoms. The number of hydrogen-bond donors (Lipinski definition) is 2. The third-order valence-corrected chi connectivity index (χ3v) is 4.79. The Labute approximate surface area is 160 Å². The summed E-state index contributed by atoms with van der Waals surface area (Å²) in [6.07, 6.45) is 1.66. The molecule has 140 valence electrons. The minimum atomic E-state index is -0.414. The van der Waals surface area contributed by atoms with E-state index in [9.17, 15) is 9.59 Å². The van der Waals surface area contributed by atoms with Gasteiger partial charge in [0, 0.05) is 13.2 Å². The van der Waals surface area contributed by atoms with Crippen molar-refractivity contribution in [2.24, 2.45) is 0 Å². The van der Waals surface area contributed by atoms with E-state index in [1.807, 2.05) is 43.3 Å². The predicted molar refractivity (Wildman–Crippen MR) is 106 cm³/mol. The molecule has 0 fully saturated rings. The monoisotopic (exact) mass is 373 g/mol. The second-order valence-corrected chi connectivity index (χ2v) is 6.60. The first kappa shape index (κ1) is 17.7. The van der Waals surface area contributed by atoms with Crippen molar-refractivity contribution in [2.75, 3.05) is 7.05 Å². The van der Waals surface area contributed by atoms with Gasteiger partial charge in [0.15, 0.2) is 0 Å². The van der Waals surface area contributed by atoms with Crippen LogP contribution in [0, 0.1) is 12.3 Å². The number of nitrogens with one attached hydrogen (secondary N) is 2. The van der Waals surface area contributed by atoms with Gasteiger partial charge in [-0.3, -0.25) is 19.4 Å². The molecule has 0 aliphatic heterocycles. The summed E-state index contributed by atoms with van der Waals surface area (Å²) in [5, 5.41) is 11.4. The number of carbonyl (C=O) groups is 1. The van der Waals surface area contributed by atoms with Gasteiger partial charge >= 0.3 is 0 Å². The van der Waals surface area contributed by atoms with E-state index < -0.39 is 5.91 Å². The van der Waals surface area contributed by atoms with E-state index in [0.717, 1.165) is 11.1 Å². The normalized spacial score (nSPS) is 11.1. The molecule has 0 saturated carbocycles. The maximum Gasteiger partial charge on any atom is 0.267 e. The van der Waals surface area contributed by atoms with E-state index in [2.05, 4.69) is 5.32 Å². The number of benzene rings is 1. The molecule has 0 bridgehead atoms. The molecule has 4 rings (SSSR count). The Morgan fingerprint density at radius 1 is 1.14 bits per heavy atom. The van der Waals surface area contributed by atoms with Gasteiger partial charge in [-0.05, 0) is 30.2 Å². The molecular weight excluding hydrogens is 354 g/mol. The third kappa shape index (κ3) is 2.77. The largest absolute Gasteiger partial charge is 0.355 e. The molecule has 0 atom stereocenters. The van der Waals surface area contributed by atoms with Crippen LogP contribution in [0.1, 0.15) is 21.5 Å². The van der Waals surface area contributed by atoms with E-state index in [-0.39, 0.29) is 16.6 Å². The van der Waals surface area contributed by atoms with Crippen molar-refractivity contribution in [2.45, 2.75) is 13.5 Å². The number of hydrogen-bond acceptors (Lipinski definition) is 4. The lowest BCUT2D eigenvalue weighted by molar-refractivity contribution is 0.0960. The molecule has 4 aromatic rings. The molecule has 1 aromatic carbocycles. The fourth-order valence-electron chi connectivity index (χ4n) is 3.32. The van der Waals surface area contributed by atoms with Crippen LogP contribution in [-0.2, 0) is 6.54 Å². The molecule has 3 heterocycles. The molecule has 0 radical (unpaired) electrons. The van der Waals surface area contributed by atoms with Crippen LogP contribution in [0.2, 0.25) is 0 Å². The second kappa shape index (κ2) is 6.77. The van der Waals surface area contributed by atoms with Gasteiger partial charge in [0.1, 0.15) is 16.8 Å². The number of carbonyl (C=O) groups excluding carboxylic acids is 1. The molecule has 1 amide bonds. The Bertz CT molecular complexity index is 1340. The van der Waals surface area contributed by atoms with Gasteiger partial charge < -0.3 is 9.88 Å². The molecule has 0 aliphatic rings. The Balaban J connectivity index is 2.14. The van der Waals surface area contributed by atoms with Crippen molar-refractivity contribution in [1.82, 2.24) is 19.3 Å². The van der Waals surface area contributed by atoms with E-state index in [1.54, 1.807) is 16.8 Å². The standard InChI is InChI=1S/C21H19N5O2/c1-13-7-6-10-25-18(13)24-19-16(21(25)28)11-15(20(27)23-2)17(22)26(19)12-14-8-4-3-5-9-14/h3-11,22H,12H2,1-2H3,(H,23,27). The average molecular weight is 373 g/mol. The quantitative estimate of drug-likeness (QED) is 0.537. The summed E-state index contributed by atoms with van der Waals surface area (Å²) in [6, 6.07) is 14.7. The smallest absolute Gasteiger partial charge is 0.267 e. The maximum atomic E-state index is 13.1. The number of fused-ring (bicyclic) bond motifs is 2. The van der Waals surface area contributed by atoms with Crippen LogP contribution >= 0.6 is 0 Å². The summed E-state index contributed by atoms with van der Waals surface area (Å²) in [5.74, 6) is -0.414. The van der Waals surface area contributed by atoms with Gasteiger partial charge in [0.2, 0.25) is 0 Å². The molecule has 0 spiro atoms. The lowest BCUT2D eigenvalue weighted by atomic mass is 10.1. The molecule has 2 N–H and O–H groups in total. The van der Waals surface area contributed by atoms with Crippen molar-refractivity contribution >= 4 is 22.6 Å². The Kier molecular flexibility index (Phi) is 4.27. The molecular formula is C21H19N5O2. The van der Waals surface area contributed by atoms with Gasteiger partial charge in [-0.2, -0.15) is 0 Å². The van der Waals surface area contributed by atoms with Crippen LogP contribution in [0.15, 0.2) is 59.5 Å². The highest BCUT2D eigenvalue weighted by Crippen LogP contribution is 2.14. The van der Waals surface area contributed by atoms with Gasteiger partial charge in [0.05, 0.1) is 17.5 Å². The SMILES string of the molecule is CNC(=O)c1cc2c(=O)n3cccc(C)c3nc2n(Cc2ccccc2)c1=N. The second-order valence-electron chi connectivity index (χ2n) is 6.60. The lowest BCUT2D eigenvalue weighted by Crippen LogP contribution is -2.34. The molecule has 0 saturated heterocycles. The minimum absolute atomic E-state index is 0.0144. The van der Waals surface area contributed by atoms with Crippen LogP contribution in [0.5, 0.6) is 0 Å². The third-order valence-electron chi connectivity index (χ3n) is 4.79. The zero-order valence-corrected chi connectivity index (χ0v) is 15.6. The highest BCUT2D eigenvalue weighted by atomic mass is 16.1. The van der Waals surface area contributed by atoms with Crippen molar-refractivity contribution in [3.05, 3.63) is 87.3 Å². The summed E-state index contributed by atoms with van der Waals surface area (Å²) in [5.41, 5.74) is 2.61. The molecule has 28 heavy (non-hydrogen) atoms. The molecule has 0 unspecified atom stereocenters. The number of pyridine rings is 2. The van der Waals surface area contributed by atoms with Crippen molar-refractivity contribution in [3.8, 4) is 0 Å². The number of rotatable bonds is 3. The van der Waals surface area contributed by atoms with Crippen molar-refractivity contribution in [1.29, 1.82) is 5.41 Å². The minimum Gasteiger partial charge on any atom is -0.355 e. The van der Waals surface area contributed by atoms with Gasteiger partial charge in [-0.1, -0.05) is 36.4 Å². The van der Waals surface area contributed by atoms with Gasteiger partial charge in [0.25, 0.3) is 11.5 Å². The predicted octanol–water partition coefficient (Wildman–Crippen LogP) is 1.84. The Morgan fingerprint density at radius 2 is 1.89 bits per heavy atom. The first-order valence-electron chi connectivity index (χ1n) is 8.87. The number of nitrogens with zero attached hydrogens (tertiary/aromatic N) is 3. The van der Waals surface area contributed by atoms with Crippen LogP contribution in [0.25, 0.3) is 16.7 Å².